The molecule has 13 heteroatoms. The number of anilines is 1. The van der Waals surface area contributed by atoms with Gasteiger partial charge in [-0.05, 0) is 64.0 Å². The van der Waals surface area contributed by atoms with Crippen LogP contribution in [0.3, 0.4) is 0 Å². The number of amides is 2. The van der Waals surface area contributed by atoms with Gasteiger partial charge >= 0.3 is 18.0 Å². The number of halogens is 6. The number of nitrogens with zero attached hydrogens (tertiary/aromatic N) is 1. The SMILES string of the molecule is COc1cc(C=NNC(=O)C(=O)Nc2cccc(C(F)(F)F)c2)cc(Br)c1OCc1ccc(Cl)cc1Cl. The number of ether oxygens (including phenoxy) is 2. The Balaban J connectivity index is 1.63. The van der Waals surface area contributed by atoms with E-state index in [-0.39, 0.29) is 12.3 Å². The molecule has 0 heterocycles. The highest BCUT2D eigenvalue weighted by Crippen LogP contribution is 2.37. The van der Waals surface area contributed by atoms with Gasteiger partial charge in [0.2, 0.25) is 0 Å². The molecule has 7 nitrogen and oxygen atoms in total. The molecular formula is C24H17BrCl2F3N3O4. The molecule has 0 unspecified atom stereocenters. The Bertz CT molecular complexity index is 1350. The monoisotopic (exact) mass is 617 g/mol. The zero-order chi connectivity index (χ0) is 27.2. The van der Waals surface area contributed by atoms with Crippen molar-refractivity contribution >= 4 is 62.8 Å². The Morgan fingerprint density at radius 2 is 1.84 bits per heavy atom. The summed E-state index contributed by atoms with van der Waals surface area (Å²) < 4.78 is 50.1. The van der Waals surface area contributed by atoms with E-state index in [0.717, 1.165) is 12.1 Å². The van der Waals surface area contributed by atoms with Crippen molar-refractivity contribution in [3.05, 3.63) is 85.8 Å². The highest BCUT2D eigenvalue weighted by Gasteiger charge is 2.30. The predicted molar refractivity (Wildman–Crippen MR) is 137 cm³/mol. The maximum atomic E-state index is 12.8. The lowest BCUT2D eigenvalue weighted by molar-refractivity contribution is -0.137. The van der Waals surface area contributed by atoms with Crippen molar-refractivity contribution in [3.63, 3.8) is 0 Å². The van der Waals surface area contributed by atoms with E-state index in [0.29, 0.717) is 43.2 Å². The van der Waals surface area contributed by atoms with Crippen molar-refractivity contribution in [3.8, 4) is 11.5 Å². The van der Waals surface area contributed by atoms with Crippen LogP contribution in [-0.2, 0) is 22.4 Å². The molecule has 0 bridgehead atoms. The van der Waals surface area contributed by atoms with Crippen molar-refractivity contribution in [2.24, 2.45) is 5.10 Å². The molecule has 3 aromatic rings. The van der Waals surface area contributed by atoms with Gasteiger partial charge in [0.1, 0.15) is 6.61 Å². The van der Waals surface area contributed by atoms with Crippen LogP contribution in [-0.4, -0.2) is 25.1 Å². The van der Waals surface area contributed by atoms with E-state index in [4.69, 9.17) is 32.7 Å². The van der Waals surface area contributed by atoms with Crippen LogP contribution in [0, 0.1) is 0 Å². The Kier molecular flexibility index (Phi) is 9.41. The first-order chi connectivity index (χ1) is 17.5. The quantitative estimate of drug-likeness (QED) is 0.181. The van der Waals surface area contributed by atoms with E-state index in [1.165, 1.54) is 19.4 Å². The summed E-state index contributed by atoms with van der Waals surface area (Å²) in [4.78, 5) is 24.0. The highest BCUT2D eigenvalue weighted by molar-refractivity contribution is 9.10. The number of hydrazone groups is 1. The minimum Gasteiger partial charge on any atom is -0.493 e. The Hall–Kier alpha value is -3.28. The zero-order valence-corrected chi connectivity index (χ0v) is 21.9. The molecule has 2 N–H and O–H groups in total. The fraction of sp³-hybridized carbons (Fsp3) is 0.125. The minimum atomic E-state index is -4.59. The van der Waals surface area contributed by atoms with Gasteiger partial charge in [-0.25, -0.2) is 5.43 Å². The molecule has 0 fully saturated rings. The first-order valence-electron chi connectivity index (χ1n) is 10.2. The number of hydrogen-bond acceptors (Lipinski definition) is 5. The smallest absolute Gasteiger partial charge is 0.416 e. The largest absolute Gasteiger partial charge is 0.493 e. The lowest BCUT2D eigenvalue weighted by atomic mass is 10.2. The summed E-state index contributed by atoms with van der Waals surface area (Å²) in [5.41, 5.74) is 2.03. The molecule has 0 aliphatic heterocycles. The number of carbonyl (C=O) groups excluding carboxylic acids is 2. The fourth-order valence-electron chi connectivity index (χ4n) is 2.92. The number of hydrogen-bond donors (Lipinski definition) is 2. The first kappa shape index (κ1) is 28.3. The van der Waals surface area contributed by atoms with E-state index in [1.54, 1.807) is 30.3 Å². The molecule has 0 aliphatic rings. The normalized spacial score (nSPS) is 11.3. The van der Waals surface area contributed by atoms with Crippen molar-refractivity contribution < 1.29 is 32.2 Å². The zero-order valence-electron chi connectivity index (χ0n) is 18.8. The lowest BCUT2D eigenvalue weighted by Crippen LogP contribution is -2.32. The first-order valence-corrected chi connectivity index (χ1v) is 11.8. The maximum absolute atomic E-state index is 12.8. The number of rotatable bonds is 7. The Morgan fingerprint density at radius 3 is 2.51 bits per heavy atom. The van der Waals surface area contributed by atoms with E-state index >= 15 is 0 Å². The third kappa shape index (κ3) is 7.85. The third-order valence-electron chi connectivity index (χ3n) is 4.67. The molecule has 0 aliphatic carbocycles. The molecule has 0 aromatic heterocycles. The summed E-state index contributed by atoms with van der Waals surface area (Å²) in [6, 6.07) is 12.1. The van der Waals surface area contributed by atoms with Gasteiger partial charge in [-0.15, -0.1) is 0 Å². The Labute approximate surface area is 227 Å². The van der Waals surface area contributed by atoms with Gasteiger partial charge in [0.25, 0.3) is 0 Å². The Morgan fingerprint density at radius 1 is 1.08 bits per heavy atom. The van der Waals surface area contributed by atoms with Gasteiger partial charge in [-0.3, -0.25) is 9.59 Å². The molecule has 3 rings (SSSR count). The van der Waals surface area contributed by atoms with Gasteiger partial charge in [0.15, 0.2) is 11.5 Å². The molecular weight excluding hydrogens is 602 g/mol. The van der Waals surface area contributed by atoms with Crippen LogP contribution in [0.1, 0.15) is 16.7 Å². The van der Waals surface area contributed by atoms with Gasteiger partial charge < -0.3 is 14.8 Å². The summed E-state index contributed by atoms with van der Waals surface area (Å²) in [5, 5.41) is 6.74. The van der Waals surface area contributed by atoms with E-state index in [9.17, 15) is 22.8 Å². The minimum absolute atomic E-state index is 0.134. The summed E-state index contributed by atoms with van der Waals surface area (Å²) >= 11 is 15.5. The fourth-order valence-corrected chi connectivity index (χ4v) is 3.96. The molecule has 0 radical (unpaired) electrons. The second-order valence-corrected chi connectivity index (χ2v) is 8.99. The topological polar surface area (TPSA) is 89.0 Å². The molecule has 37 heavy (non-hydrogen) atoms. The molecule has 194 valence electrons. The molecule has 0 saturated carbocycles. The van der Waals surface area contributed by atoms with Gasteiger partial charge in [-0.2, -0.15) is 18.3 Å². The third-order valence-corrected chi connectivity index (χ3v) is 5.85. The van der Waals surface area contributed by atoms with Crippen LogP contribution in [0.4, 0.5) is 18.9 Å². The summed E-state index contributed by atoms with van der Waals surface area (Å²) in [6.45, 7) is 0.134. The van der Waals surface area contributed by atoms with Crippen molar-refractivity contribution in [1.82, 2.24) is 5.43 Å². The summed E-state index contributed by atoms with van der Waals surface area (Å²) in [7, 11) is 1.44. The predicted octanol–water partition coefficient (Wildman–Crippen LogP) is 6.45. The van der Waals surface area contributed by atoms with Crippen molar-refractivity contribution in [2.45, 2.75) is 12.8 Å². The van der Waals surface area contributed by atoms with Crippen molar-refractivity contribution in [1.29, 1.82) is 0 Å². The van der Waals surface area contributed by atoms with Gasteiger partial charge in [-0.1, -0.05) is 35.3 Å². The lowest BCUT2D eigenvalue weighted by Gasteiger charge is -2.14. The van der Waals surface area contributed by atoms with E-state index < -0.39 is 23.6 Å². The second-order valence-electron chi connectivity index (χ2n) is 7.29. The number of nitrogens with one attached hydrogen (secondary N) is 2. The number of methoxy groups -OCH3 is 1. The molecule has 3 aromatic carbocycles. The van der Waals surface area contributed by atoms with E-state index in [1.807, 2.05) is 5.43 Å². The number of carbonyl (C=O) groups is 2. The number of benzene rings is 3. The summed E-state index contributed by atoms with van der Waals surface area (Å²) in [5.74, 6) is -1.65. The van der Waals surface area contributed by atoms with Crippen LogP contribution in [0.25, 0.3) is 0 Å². The molecule has 0 saturated heterocycles. The molecule has 0 atom stereocenters. The van der Waals surface area contributed by atoms with Crippen LogP contribution in [0.2, 0.25) is 10.0 Å². The van der Waals surface area contributed by atoms with Crippen LogP contribution in [0.5, 0.6) is 11.5 Å². The van der Waals surface area contributed by atoms with Crippen LogP contribution in [0.15, 0.2) is 64.2 Å². The average molecular weight is 619 g/mol. The van der Waals surface area contributed by atoms with Crippen LogP contribution >= 0.6 is 39.1 Å². The second kappa shape index (κ2) is 12.3. The van der Waals surface area contributed by atoms with E-state index in [2.05, 4.69) is 26.3 Å². The van der Waals surface area contributed by atoms with Crippen molar-refractivity contribution in [2.75, 3.05) is 12.4 Å². The molecule has 0 spiro atoms. The van der Waals surface area contributed by atoms with Crippen LogP contribution < -0.4 is 20.2 Å². The molecule has 2 amide bonds. The maximum Gasteiger partial charge on any atom is 0.416 e. The summed E-state index contributed by atoms with van der Waals surface area (Å²) in [6.07, 6.45) is -3.35. The van der Waals surface area contributed by atoms with Gasteiger partial charge in [0.05, 0.1) is 23.4 Å². The van der Waals surface area contributed by atoms with Gasteiger partial charge in [0, 0.05) is 21.3 Å². The number of alkyl halides is 3. The highest BCUT2D eigenvalue weighted by atomic mass is 79.9. The average Bonchev–Trinajstić information content (AvgIpc) is 2.83. The standard InChI is InChI=1S/C24H17BrCl2F3N3O4/c1-36-20-8-13(7-18(25)21(20)37-12-14-5-6-16(26)10-19(14)27)11-31-33-23(35)22(34)32-17-4-2-3-15(9-17)24(28,29)30/h2-11H,12H2,1H3,(H,32,34)(H,33,35).